The number of rotatable bonds is 8. The van der Waals surface area contributed by atoms with Gasteiger partial charge in [-0.3, -0.25) is 4.79 Å². The first-order chi connectivity index (χ1) is 11.4. The summed E-state index contributed by atoms with van der Waals surface area (Å²) in [5, 5.41) is 6.63. The number of nitrogens with one attached hydrogen (secondary N) is 2. The van der Waals surface area contributed by atoms with E-state index in [0.717, 1.165) is 37.0 Å². The van der Waals surface area contributed by atoms with Crippen LogP contribution in [-0.4, -0.2) is 44.0 Å². The van der Waals surface area contributed by atoms with Gasteiger partial charge in [-0.15, -0.1) is 0 Å². The lowest BCUT2D eigenvalue weighted by Crippen LogP contribution is -2.37. The molecule has 0 spiro atoms. The predicted molar refractivity (Wildman–Crippen MR) is 101 cm³/mol. The third-order valence-electron chi connectivity index (χ3n) is 3.62. The zero-order valence-corrected chi connectivity index (χ0v) is 15.7. The number of amides is 1. The monoisotopic (exact) mass is 332 g/mol. The van der Waals surface area contributed by atoms with Gasteiger partial charge >= 0.3 is 0 Å². The van der Waals surface area contributed by atoms with Crippen molar-refractivity contribution in [3.05, 3.63) is 35.4 Å². The summed E-state index contributed by atoms with van der Waals surface area (Å²) < 4.78 is 0. The predicted octanol–water partition coefficient (Wildman–Crippen LogP) is 2.88. The SMILES string of the molecule is CCNC(=NCc1ccc(C(=O)N(C)C)cc1)NCCCC(C)C. The van der Waals surface area contributed by atoms with Crippen molar-refractivity contribution in [2.45, 2.75) is 40.2 Å². The Kier molecular flexibility index (Phi) is 8.90. The van der Waals surface area contributed by atoms with E-state index in [1.807, 2.05) is 24.3 Å². The summed E-state index contributed by atoms with van der Waals surface area (Å²) in [6.07, 6.45) is 2.36. The van der Waals surface area contributed by atoms with Crippen LogP contribution in [0.4, 0.5) is 0 Å². The maximum Gasteiger partial charge on any atom is 0.253 e. The Morgan fingerprint density at radius 2 is 1.83 bits per heavy atom. The molecule has 5 nitrogen and oxygen atoms in total. The highest BCUT2D eigenvalue weighted by molar-refractivity contribution is 5.93. The van der Waals surface area contributed by atoms with Gasteiger partial charge in [0.25, 0.3) is 5.91 Å². The van der Waals surface area contributed by atoms with Gasteiger partial charge in [0.15, 0.2) is 5.96 Å². The average molecular weight is 332 g/mol. The van der Waals surface area contributed by atoms with E-state index < -0.39 is 0 Å². The number of nitrogens with zero attached hydrogens (tertiary/aromatic N) is 2. The summed E-state index contributed by atoms with van der Waals surface area (Å²) in [6, 6.07) is 7.64. The summed E-state index contributed by atoms with van der Waals surface area (Å²) in [5.41, 5.74) is 1.79. The molecule has 24 heavy (non-hydrogen) atoms. The molecule has 1 amide bonds. The standard InChI is InChI=1S/C19H32N4O/c1-6-20-19(21-13-7-8-15(2)3)22-14-16-9-11-17(12-10-16)18(24)23(4)5/h9-12,15H,6-8,13-14H2,1-5H3,(H2,20,21,22). The van der Waals surface area contributed by atoms with Gasteiger partial charge in [-0.2, -0.15) is 0 Å². The maximum absolute atomic E-state index is 11.9. The molecule has 1 aromatic rings. The van der Waals surface area contributed by atoms with Crippen LogP contribution in [0.2, 0.25) is 0 Å². The minimum Gasteiger partial charge on any atom is -0.357 e. The van der Waals surface area contributed by atoms with Crippen LogP contribution < -0.4 is 10.6 Å². The normalized spacial score (nSPS) is 11.5. The molecule has 0 fully saturated rings. The third kappa shape index (κ3) is 7.49. The van der Waals surface area contributed by atoms with Crippen LogP contribution in [0.5, 0.6) is 0 Å². The largest absolute Gasteiger partial charge is 0.357 e. The number of hydrogen-bond acceptors (Lipinski definition) is 2. The quantitative estimate of drug-likeness (QED) is 0.437. The van der Waals surface area contributed by atoms with Crippen LogP contribution >= 0.6 is 0 Å². The molecule has 0 unspecified atom stereocenters. The minimum atomic E-state index is 0.0187. The summed E-state index contributed by atoms with van der Waals surface area (Å²) >= 11 is 0. The molecule has 0 aliphatic carbocycles. The third-order valence-corrected chi connectivity index (χ3v) is 3.62. The van der Waals surface area contributed by atoms with Crippen molar-refractivity contribution in [3.63, 3.8) is 0 Å². The molecule has 0 bridgehead atoms. The average Bonchev–Trinajstić information content (AvgIpc) is 2.56. The zero-order valence-electron chi connectivity index (χ0n) is 15.7. The van der Waals surface area contributed by atoms with Crippen LogP contribution in [0.1, 0.15) is 49.5 Å². The first-order valence-corrected chi connectivity index (χ1v) is 8.76. The minimum absolute atomic E-state index is 0.0187. The Labute approximate surface area is 146 Å². The van der Waals surface area contributed by atoms with Crippen LogP contribution in [0.3, 0.4) is 0 Å². The second kappa shape index (κ2) is 10.7. The number of benzene rings is 1. The molecule has 0 aliphatic rings. The molecule has 2 N–H and O–H groups in total. The Morgan fingerprint density at radius 3 is 2.38 bits per heavy atom. The van der Waals surface area contributed by atoms with Gasteiger partial charge in [-0.25, -0.2) is 4.99 Å². The molecule has 134 valence electrons. The van der Waals surface area contributed by atoms with Crippen LogP contribution in [0.25, 0.3) is 0 Å². The van der Waals surface area contributed by atoms with E-state index in [2.05, 4.69) is 36.4 Å². The Bertz CT molecular complexity index is 521. The van der Waals surface area contributed by atoms with Gasteiger partial charge in [-0.05, 0) is 43.4 Å². The molecular formula is C19H32N4O. The van der Waals surface area contributed by atoms with Crippen molar-refractivity contribution in [1.82, 2.24) is 15.5 Å². The van der Waals surface area contributed by atoms with Crippen LogP contribution in [-0.2, 0) is 6.54 Å². The summed E-state index contributed by atoms with van der Waals surface area (Å²) in [4.78, 5) is 18.1. The first kappa shape index (κ1) is 20.0. The van der Waals surface area contributed by atoms with Gasteiger partial charge in [0.1, 0.15) is 0 Å². The lowest BCUT2D eigenvalue weighted by atomic mass is 10.1. The van der Waals surface area contributed by atoms with E-state index in [9.17, 15) is 4.79 Å². The van der Waals surface area contributed by atoms with Crippen molar-refractivity contribution >= 4 is 11.9 Å². The Hall–Kier alpha value is -2.04. The molecule has 0 atom stereocenters. The number of guanidine groups is 1. The summed E-state index contributed by atoms with van der Waals surface area (Å²) in [7, 11) is 3.52. The van der Waals surface area contributed by atoms with Crippen molar-refractivity contribution in [3.8, 4) is 0 Å². The lowest BCUT2D eigenvalue weighted by Gasteiger charge is -2.12. The molecule has 5 heteroatoms. The highest BCUT2D eigenvalue weighted by Gasteiger charge is 2.07. The summed E-state index contributed by atoms with van der Waals surface area (Å²) in [6.45, 7) is 8.91. The fourth-order valence-corrected chi connectivity index (χ4v) is 2.24. The smallest absolute Gasteiger partial charge is 0.253 e. The van der Waals surface area contributed by atoms with Gasteiger partial charge in [0.05, 0.1) is 6.54 Å². The molecule has 0 radical (unpaired) electrons. The number of carbonyl (C=O) groups excluding carboxylic acids is 1. The second-order valence-electron chi connectivity index (χ2n) is 6.55. The van der Waals surface area contributed by atoms with Gasteiger partial charge < -0.3 is 15.5 Å². The molecular weight excluding hydrogens is 300 g/mol. The zero-order chi connectivity index (χ0) is 17.9. The van der Waals surface area contributed by atoms with E-state index in [1.54, 1.807) is 19.0 Å². The van der Waals surface area contributed by atoms with Crippen molar-refractivity contribution in [2.24, 2.45) is 10.9 Å². The van der Waals surface area contributed by atoms with Crippen molar-refractivity contribution in [1.29, 1.82) is 0 Å². The van der Waals surface area contributed by atoms with E-state index in [-0.39, 0.29) is 5.91 Å². The van der Waals surface area contributed by atoms with Gasteiger partial charge in [0.2, 0.25) is 0 Å². The molecule has 0 aromatic heterocycles. The van der Waals surface area contributed by atoms with E-state index >= 15 is 0 Å². The molecule has 0 saturated heterocycles. The van der Waals surface area contributed by atoms with Crippen molar-refractivity contribution in [2.75, 3.05) is 27.2 Å². The van der Waals surface area contributed by atoms with E-state index in [4.69, 9.17) is 0 Å². The molecule has 1 rings (SSSR count). The van der Waals surface area contributed by atoms with Gasteiger partial charge in [-0.1, -0.05) is 26.0 Å². The van der Waals surface area contributed by atoms with E-state index in [0.29, 0.717) is 12.1 Å². The van der Waals surface area contributed by atoms with Crippen molar-refractivity contribution < 1.29 is 4.79 Å². The maximum atomic E-state index is 11.9. The number of hydrogen-bond donors (Lipinski definition) is 2. The fraction of sp³-hybridized carbons (Fsp3) is 0.579. The number of carbonyl (C=O) groups is 1. The summed E-state index contributed by atoms with van der Waals surface area (Å²) in [5.74, 6) is 1.59. The molecule has 0 saturated carbocycles. The van der Waals surface area contributed by atoms with Crippen LogP contribution in [0.15, 0.2) is 29.3 Å². The van der Waals surface area contributed by atoms with Gasteiger partial charge in [0, 0.05) is 32.7 Å². The lowest BCUT2D eigenvalue weighted by molar-refractivity contribution is 0.0827. The topological polar surface area (TPSA) is 56.7 Å². The first-order valence-electron chi connectivity index (χ1n) is 8.76. The highest BCUT2D eigenvalue weighted by atomic mass is 16.2. The second-order valence-corrected chi connectivity index (χ2v) is 6.55. The fourth-order valence-electron chi connectivity index (χ4n) is 2.24. The van der Waals surface area contributed by atoms with Crippen LogP contribution in [0, 0.1) is 5.92 Å². The molecule has 0 aliphatic heterocycles. The molecule has 0 heterocycles. The highest BCUT2D eigenvalue weighted by Crippen LogP contribution is 2.07. The molecule has 1 aromatic carbocycles. The van der Waals surface area contributed by atoms with E-state index in [1.165, 1.54) is 6.42 Å². The Morgan fingerprint density at radius 1 is 1.17 bits per heavy atom. The Balaban J connectivity index is 2.57. The number of aliphatic imine (C=N–C) groups is 1.